The van der Waals surface area contributed by atoms with Crippen LogP contribution in [-0.2, 0) is 6.18 Å². The summed E-state index contributed by atoms with van der Waals surface area (Å²) >= 11 is 0. The number of nitrogens with zero attached hydrogens (tertiary/aromatic N) is 3. The van der Waals surface area contributed by atoms with Gasteiger partial charge in [0.2, 0.25) is 0 Å². The lowest BCUT2D eigenvalue weighted by Gasteiger charge is -2.18. The average molecular weight is 400 g/mol. The van der Waals surface area contributed by atoms with Crippen LogP contribution in [0.2, 0.25) is 0 Å². The number of pyridine rings is 2. The van der Waals surface area contributed by atoms with Crippen LogP contribution in [0.1, 0.15) is 27.9 Å². The molecule has 150 valence electrons. The van der Waals surface area contributed by atoms with Gasteiger partial charge in [0.05, 0.1) is 11.1 Å². The number of carbonyl (C=O) groups is 1. The maximum absolute atomic E-state index is 12.7. The number of rotatable bonds is 3. The van der Waals surface area contributed by atoms with Gasteiger partial charge in [-0.3, -0.25) is 9.78 Å². The molecule has 1 aromatic carbocycles. The third-order valence-corrected chi connectivity index (χ3v) is 5.14. The molecule has 5 nitrogen and oxygen atoms in total. The van der Waals surface area contributed by atoms with Crippen LogP contribution >= 0.6 is 0 Å². The number of halogens is 3. The quantitative estimate of drug-likeness (QED) is 0.723. The van der Waals surface area contributed by atoms with Gasteiger partial charge < -0.3 is 10.2 Å². The maximum Gasteiger partial charge on any atom is 0.417 e. The second-order valence-corrected chi connectivity index (χ2v) is 7.17. The molecule has 29 heavy (non-hydrogen) atoms. The summed E-state index contributed by atoms with van der Waals surface area (Å²) in [7, 11) is 0. The molecule has 1 aliphatic heterocycles. The predicted octanol–water partition coefficient (Wildman–Crippen LogP) is 3.97. The zero-order valence-corrected chi connectivity index (χ0v) is 15.7. The second kappa shape index (κ2) is 7.35. The van der Waals surface area contributed by atoms with Gasteiger partial charge in [0.1, 0.15) is 5.82 Å². The van der Waals surface area contributed by atoms with Gasteiger partial charge in [-0.1, -0.05) is 0 Å². The van der Waals surface area contributed by atoms with E-state index in [2.05, 4.69) is 15.3 Å². The van der Waals surface area contributed by atoms with Crippen LogP contribution in [0.5, 0.6) is 0 Å². The summed E-state index contributed by atoms with van der Waals surface area (Å²) < 4.78 is 38.0. The number of aryl methyl sites for hydroxylation is 1. The summed E-state index contributed by atoms with van der Waals surface area (Å²) in [6.07, 6.45) is -1.13. The minimum absolute atomic E-state index is 0.0997. The molecule has 4 rings (SSSR count). The standard InChI is InChI=1S/C21H19F3N4O/c1-13-6-8-25-18-4-2-14(10-17(13)18)20(29)27-16-7-9-28(12-16)19-5-3-15(11-26-19)21(22,23)24/h2-6,8,10-11,16H,7,9,12H2,1H3,(H,27,29). The molecular weight excluding hydrogens is 381 g/mol. The SMILES string of the molecule is Cc1ccnc2ccc(C(=O)NC3CCN(c4ccc(C(F)(F)F)cn4)C3)cc12. The van der Waals surface area contributed by atoms with Crippen molar-refractivity contribution in [2.24, 2.45) is 0 Å². The monoisotopic (exact) mass is 400 g/mol. The van der Waals surface area contributed by atoms with Crippen molar-refractivity contribution < 1.29 is 18.0 Å². The van der Waals surface area contributed by atoms with Crippen LogP contribution in [0.3, 0.4) is 0 Å². The molecule has 3 aromatic rings. The van der Waals surface area contributed by atoms with Crippen molar-refractivity contribution in [1.29, 1.82) is 0 Å². The number of amides is 1. The van der Waals surface area contributed by atoms with Crippen molar-refractivity contribution in [2.75, 3.05) is 18.0 Å². The van der Waals surface area contributed by atoms with E-state index in [1.165, 1.54) is 6.07 Å². The van der Waals surface area contributed by atoms with Crippen molar-refractivity contribution in [2.45, 2.75) is 25.6 Å². The molecule has 1 aliphatic rings. The normalized spacial score (nSPS) is 17.0. The maximum atomic E-state index is 12.7. The van der Waals surface area contributed by atoms with Gasteiger partial charge in [0.25, 0.3) is 5.91 Å². The topological polar surface area (TPSA) is 58.1 Å². The Balaban J connectivity index is 1.42. The Labute approximate surface area is 165 Å². The van der Waals surface area contributed by atoms with E-state index in [9.17, 15) is 18.0 Å². The fourth-order valence-corrected chi connectivity index (χ4v) is 3.52. The molecule has 8 heteroatoms. The fourth-order valence-electron chi connectivity index (χ4n) is 3.52. The number of fused-ring (bicyclic) bond motifs is 1. The predicted molar refractivity (Wildman–Crippen MR) is 104 cm³/mol. The van der Waals surface area contributed by atoms with Crippen molar-refractivity contribution in [3.8, 4) is 0 Å². The number of anilines is 1. The molecule has 1 N–H and O–H groups in total. The molecule has 1 saturated heterocycles. The van der Waals surface area contributed by atoms with Crippen LogP contribution in [0.4, 0.5) is 19.0 Å². The third-order valence-electron chi connectivity index (χ3n) is 5.14. The highest BCUT2D eigenvalue weighted by molar-refractivity contribution is 5.98. The number of benzene rings is 1. The molecule has 0 bridgehead atoms. The van der Waals surface area contributed by atoms with Crippen LogP contribution in [-0.4, -0.2) is 35.0 Å². The van der Waals surface area contributed by atoms with E-state index in [0.29, 0.717) is 30.9 Å². The molecular formula is C21H19F3N4O. The summed E-state index contributed by atoms with van der Waals surface area (Å²) in [5.41, 5.74) is 1.66. The third kappa shape index (κ3) is 4.01. The average Bonchev–Trinajstić information content (AvgIpc) is 3.16. The molecule has 0 aliphatic carbocycles. The Morgan fingerprint density at radius 2 is 2.00 bits per heavy atom. The van der Waals surface area contributed by atoms with Gasteiger partial charge in [0, 0.05) is 42.5 Å². The smallest absolute Gasteiger partial charge is 0.354 e. The summed E-state index contributed by atoms with van der Waals surface area (Å²) in [4.78, 5) is 22.8. The minimum Gasteiger partial charge on any atom is -0.354 e. The first-order valence-electron chi connectivity index (χ1n) is 9.26. The Morgan fingerprint density at radius 3 is 2.72 bits per heavy atom. The van der Waals surface area contributed by atoms with Gasteiger partial charge in [-0.05, 0) is 55.3 Å². The Bertz CT molecular complexity index is 1050. The van der Waals surface area contributed by atoms with E-state index in [1.807, 2.05) is 30.0 Å². The van der Waals surface area contributed by atoms with Gasteiger partial charge in [-0.25, -0.2) is 4.98 Å². The van der Waals surface area contributed by atoms with Gasteiger partial charge >= 0.3 is 6.18 Å². The highest BCUT2D eigenvalue weighted by Gasteiger charge is 2.31. The lowest BCUT2D eigenvalue weighted by atomic mass is 10.1. The number of carbonyl (C=O) groups excluding carboxylic acids is 1. The molecule has 3 heterocycles. The summed E-state index contributed by atoms with van der Waals surface area (Å²) in [5, 5.41) is 3.94. The molecule has 1 fully saturated rings. The van der Waals surface area contributed by atoms with Crippen molar-refractivity contribution in [3.63, 3.8) is 0 Å². The lowest BCUT2D eigenvalue weighted by Crippen LogP contribution is -2.37. The van der Waals surface area contributed by atoms with Crippen LogP contribution < -0.4 is 10.2 Å². The molecule has 2 aromatic heterocycles. The number of nitrogens with one attached hydrogen (secondary N) is 1. The van der Waals surface area contributed by atoms with E-state index >= 15 is 0 Å². The molecule has 0 radical (unpaired) electrons. The molecule has 1 amide bonds. The second-order valence-electron chi connectivity index (χ2n) is 7.17. The van der Waals surface area contributed by atoms with Crippen LogP contribution in [0, 0.1) is 6.92 Å². The van der Waals surface area contributed by atoms with E-state index in [0.717, 1.165) is 28.7 Å². The van der Waals surface area contributed by atoms with Crippen LogP contribution in [0.25, 0.3) is 10.9 Å². The summed E-state index contributed by atoms with van der Waals surface area (Å²) in [6, 6.07) is 9.59. The van der Waals surface area contributed by atoms with E-state index in [-0.39, 0.29) is 11.9 Å². The van der Waals surface area contributed by atoms with Gasteiger partial charge in [-0.2, -0.15) is 13.2 Å². The van der Waals surface area contributed by atoms with E-state index in [4.69, 9.17) is 0 Å². The molecule has 0 spiro atoms. The molecule has 0 saturated carbocycles. The number of aromatic nitrogens is 2. The van der Waals surface area contributed by atoms with Crippen molar-refractivity contribution in [1.82, 2.24) is 15.3 Å². The molecule has 1 unspecified atom stereocenters. The Kier molecular flexibility index (Phi) is 4.86. The first-order valence-corrected chi connectivity index (χ1v) is 9.26. The first-order chi connectivity index (χ1) is 13.8. The minimum atomic E-state index is -4.40. The number of hydrogen-bond acceptors (Lipinski definition) is 4. The summed E-state index contributed by atoms with van der Waals surface area (Å²) in [5.74, 6) is 0.296. The van der Waals surface area contributed by atoms with E-state index < -0.39 is 11.7 Å². The largest absolute Gasteiger partial charge is 0.417 e. The van der Waals surface area contributed by atoms with Crippen molar-refractivity contribution >= 4 is 22.6 Å². The highest BCUT2D eigenvalue weighted by atomic mass is 19.4. The number of hydrogen-bond donors (Lipinski definition) is 1. The summed E-state index contributed by atoms with van der Waals surface area (Å²) in [6.45, 7) is 3.08. The first kappa shape index (κ1) is 19.2. The Morgan fingerprint density at radius 1 is 1.17 bits per heavy atom. The zero-order valence-electron chi connectivity index (χ0n) is 15.7. The highest BCUT2D eigenvalue weighted by Crippen LogP contribution is 2.30. The number of alkyl halides is 3. The Hall–Kier alpha value is -3.16. The van der Waals surface area contributed by atoms with Gasteiger partial charge in [0.15, 0.2) is 0 Å². The van der Waals surface area contributed by atoms with Crippen LogP contribution in [0.15, 0.2) is 48.8 Å². The lowest BCUT2D eigenvalue weighted by molar-refractivity contribution is -0.137. The van der Waals surface area contributed by atoms with Gasteiger partial charge in [-0.15, -0.1) is 0 Å². The van der Waals surface area contributed by atoms with Crippen molar-refractivity contribution in [3.05, 3.63) is 65.5 Å². The fraction of sp³-hybridized carbons (Fsp3) is 0.286. The molecule has 1 atom stereocenters. The van der Waals surface area contributed by atoms with E-state index in [1.54, 1.807) is 12.3 Å². The zero-order chi connectivity index (χ0) is 20.6.